The fourth-order valence-electron chi connectivity index (χ4n) is 3.62. The molecule has 0 aliphatic carbocycles. The van der Waals surface area contributed by atoms with E-state index in [0.717, 1.165) is 28.0 Å². The van der Waals surface area contributed by atoms with Crippen LogP contribution in [0.25, 0.3) is 15.9 Å². The van der Waals surface area contributed by atoms with Crippen LogP contribution in [0.15, 0.2) is 30.3 Å². The van der Waals surface area contributed by atoms with Crippen molar-refractivity contribution in [2.24, 2.45) is 0 Å². The average molecular weight is 400 g/mol. The fraction of sp³-hybridized carbons (Fsp3) is 0.350. The summed E-state index contributed by atoms with van der Waals surface area (Å²) in [5.74, 6) is -0.471. The number of fused-ring (bicyclic) bond motifs is 1. The maximum Gasteiger partial charge on any atom is 0.264 e. The number of hydrogen-bond donors (Lipinski definition) is 0. The Morgan fingerprint density at radius 2 is 1.96 bits per heavy atom. The summed E-state index contributed by atoms with van der Waals surface area (Å²) in [7, 11) is 3.42. The van der Waals surface area contributed by atoms with Crippen molar-refractivity contribution in [1.82, 2.24) is 19.6 Å². The predicted octanol–water partition coefficient (Wildman–Crippen LogP) is 3.23. The van der Waals surface area contributed by atoms with Gasteiger partial charge in [0.25, 0.3) is 5.91 Å². The van der Waals surface area contributed by atoms with Crippen molar-refractivity contribution in [3.8, 4) is 5.69 Å². The summed E-state index contributed by atoms with van der Waals surface area (Å²) in [6.45, 7) is 2.47. The third kappa shape index (κ3) is 3.07. The second-order valence-electron chi connectivity index (χ2n) is 7.19. The summed E-state index contributed by atoms with van der Waals surface area (Å²) >= 11 is 1.35. The average Bonchev–Trinajstić information content (AvgIpc) is 3.38. The molecule has 1 atom stereocenters. The highest BCUT2D eigenvalue weighted by molar-refractivity contribution is 7.20. The molecule has 1 aliphatic rings. The fourth-order valence-corrected chi connectivity index (χ4v) is 4.75. The topological polar surface area (TPSA) is 58.4 Å². The van der Waals surface area contributed by atoms with Gasteiger partial charge in [-0.25, -0.2) is 9.07 Å². The molecule has 6 nitrogen and oxygen atoms in total. The van der Waals surface area contributed by atoms with Crippen molar-refractivity contribution < 1.29 is 14.0 Å². The van der Waals surface area contributed by atoms with Crippen LogP contribution in [0.4, 0.5) is 4.39 Å². The normalized spacial score (nSPS) is 16.7. The number of thiophene rings is 1. The largest absolute Gasteiger partial charge is 0.347 e. The van der Waals surface area contributed by atoms with Crippen LogP contribution >= 0.6 is 11.3 Å². The number of rotatable bonds is 3. The van der Waals surface area contributed by atoms with Crippen LogP contribution in [0.5, 0.6) is 0 Å². The Morgan fingerprint density at radius 3 is 2.64 bits per heavy atom. The first kappa shape index (κ1) is 18.6. The van der Waals surface area contributed by atoms with Crippen LogP contribution in [0.2, 0.25) is 0 Å². The van der Waals surface area contributed by atoms with Crippen LogP contribution in [-0.4, -0.2) is 58.1 Å². The summed E-state index contributed by atoms with van der Waals surface area (Å²) in [6.07, 6.45) is 1.51. The van der Waals surface area contributed by atoms with Crippen molar-refractivity contribution in [3.63, 3.8) is 0 Å². The first-order valence-corrected chi connectivity index (χ1v) is 9.95. The summed E-state index contributed by atoms with van der Waals surface area (Å²) in [5, 5.41) is 5.43. The molecule has 2 aromatic heterocycles. The Hall–Kier alpha value is -2.74. The van der Waals surface area contributed by atoms with Gasteiger partial charge in [-0.05, 0) is 50.1 Å². The van der Waals surface area contributed by atoms with Crippen molar-refractivity contribution in [2.75, 3.05) is 20.6 Å². The van der Waals surface area contributed by atoms with E-state index in [2.05, 4.69) is 5.10 Å². The molecule has 1 fully saturated rings. The van der Waals surface area contributed by atoms with Gasteiger partial charge in [-0.2, -0.15) is 5.10 Å². The van der Waals surface area contributed by atoms with Gasteiger partial charge in [-0.3, -0.25) is 9.59 Å². The number of benzene rings is 1. The molecule has 2 amide bonds. The minimum Gasteiger partial charge on any atom is -0.347 e. The van der Waals surface area contributed by atoms with E-state index in [0.29, 0.717) is 17.8 Å². The molecule has 0 N–H and O–H groups in total. The molecule has 8 heteroatoms. The van der Waals surface area contributed by atoms with Crippen molar-refractivity contribution in [1.29, 1.82) is 0 Å². The lowest BCUT2D eigenvalue weighted by Crippen LogP contribution is -2.45. The van der Waals surface area contributed by atoms with Crippen molar-refractivity contribution in [2.45, 2.75) is 25.8 Å². The van der Waals surface area contributed by atoms with E-state index in [1.165, 1.54) is 28.4 Å². The van der Waals surface area contributed by atoms with Crippen LogP contribution < -0.4 is 0 Å². The second kappa shape index (κ2) is 7.01. The molecule has 0 bridgehead atoms. The number of halogens is 1. The van der Waals surface area contributed by atoms with Gasteiger partial charge in [0.1, 0.15) is 16.7 Å². The maximum absolute atomic E-state index is 13.3. The van der Waals surface area contributed by atoms with Gasteiger partial charge in [0.05, 0.1) is 16.3 Å². The van der Waals surface area contributed by atoms with Gasteiger partial charge >= 0.3 is 0 Å². The number of hydrogen-bond acceptors (Lipinski definition) is 4. The van der Waals surface area contributed by atoms with Gasteiger partial charge in [0.15, 0.2) is 0 Å². The number of aromatic nitrogens is 2. The van der Waals surface area contributed by atoms with E-state index in [9.17, 15) is 14.0 Å². The number of amides is 2. The van der Waals surface area contributed by atoms with Crippen LogP contribution in [0, 0.1) is 12.7 Å². The molecule has 1 aliphatic heterocycles. The van der Waals surface area contributed by atoms with Gasteiger partial charge in [0.2, 0.25) is 5.91 Å². The van der Waals surface area contributed by atoms with E-state index in [4.69, 9.17) is 0 Å². The van der Waals surface area contributed by atoms with Gasteiger partial charge in [0, 0.05) is 26.0 Å². The Bertz CT molecular complexity index is 1050. The quantitative estimate of drug-likeness (QED) is 0.678. The molecule has 0 spiro atoms. The zero-order valence-electron chi connectivity index (χ0n) is 16.0. The number of likely N-dealkylation sites (tertiary alicyclic amines) is 1. The Balaban J connectivity index is 1.70. The predicted molar refractivity (Wildman–Crippen MR) is 106 cm³/mol. The lowest BCUT2D eigenvalue weighted by Gasteiger charge is -2.25. The van der Waals surface area contributed by atoms with E-state index in [1.807, 2.05) is 13.0 Å². The monoisotopic (exact) mass is 400 g/mol. The van der Waals surface area contributed by atoms with Gasteiger partial charge in [-0.1, -0.05) is 0 Å². The van der Waals surface area contributed by atoms with E-state index >= 15 is 0 Å². The number of likely N-dealkylation sites (N-methyl/N-ethyl adjacent to an activating group) is 1. The van der Waals surface area contributed by atoms with Crippen LogP contribution in [0.3, 0.4) is 0 Å². The standard InChI is InChI=1S/C20H21FN4O2S/c1-12-15-11-17(19(27)24-10-4-5-16(24)18(26)23(2)3)28-20(15)25(22-12)14-8-6-13(21)7-9-14/h6-9,11,16H,4-5,10H2,1-3H3. The second-order valence-corrected chi connectivity index (χ2v) is 8.22. The van der Waals surface area contributed by atoms with Crippen molar-refractivity contribution in [3.05, 3.63) is 46.7 Å². The summed E-state index contributed by atoms with van der Waals surface area (Å²) in [6, 6.07) is 7.55. The smallest absolute Gasteiger partial charge is 0.264 e. The zero-order chi connectivity index (χ0) is 20.0. The third-order valence-electron chi connectivity index (χ3n) is 5.07. The van der Waals surface area contributed by atoms with Crippen molar-refractivity contribution >= 4 is 33.4 Å². The zero-order valence-corrected chi connectivity index (χ0v) is 16.8. The summed E-state index contributed by atoms with van der Waals surface area (Å²) < 4.78 is 15.0. The molecule has 0 saturated carbocycles. The third-order valence-corrected chi connectivity index (χ3v) is 6.16. The number of aryl methyl sites for hydroxylation is 1. The molecule has 4 rings (SSSR count). The lowest BCUT2D eigenvalue weighted by molar-refractivity contribution is -0.132. The molecule has 146 valence electrons. The highest BCUT2D eigenvalue weighted by Crippen LogP contribution is 2.32. The number of nitrogens with zero attached hydrogens (tertiary/aromatic N) is 4. The molecular formula is C20H21FN4O2S. The molecule has 1 aromatic carbocycles. The molecule has 28 heavy (non-hydrogen) atoms. The highest BCUT2D eigenvalue weighted by atomic mass is 32.1. The Morgan fingerprint density at radius 1 is 1.25 bits per heavy atom. The van der Waals surface area contributed by atoms with E-state index in [-0.39, 0.29) is 17.6 Å². The first-order chi connectivity index (χ1) is 13.4. The molecule has 0 radical (unpaired) electrons. The SMILES string of the molecule is Cc1nn(-c2ccc(F)cc2)c2sc(C(=O)N3CCCC3C(=O)N(C)C)cc12. The molecule has 1 unspecified atom stereocenters. The minimum atomic E-state index is -0.401. The molecule has 3 aromatic rings. The van der Waals surface area contributed by atoms with E-state index in [1.54, 1.807) is 35.8 Å². The number of carbonyl (C=O) groups excluding carboxylic acids is 2. The van der Waals surface area contributed by atoms with Crippen LogP contribution in [-0.2, 0) is 4.79 Å². The lowest BCUT2D eigenvalue weighted by atomic mass is 10.2. The summed E-state index contributed by atoms with van der Waals surface area (Å²) in [5.41, 5.74) is 1.54. The van der Waals surface area contributed by atoms with Crippen LogP contribution in [0.1, 0.15) is 28.2 Å². The molecule has 3 heterocycles. The minimum absolute atomic E-state index is 0.0411. The number of carbonyl (C=O) groups is 2. The molecular weight excluding hydrogens is 379 g/mol. The van der Waals surface area contributed by atoms with Gasteiger partial charge < -0.3 is 9.80 Å². The Labute approximate surface area is 166 Å². The highest BCUT2D eigenvalue weighted by Gasteiger charge is 2.36. The van der Waals surface area contributed by atoms with E-state index < -0.39 is 6.04 Å². The summed E-state index contributed by atoms with van der Waals surface area (Å²) in [4.78, 5) is 30.2. The molecule has 1 saturated heterocycles. The first-order valence-electron chi connectivity index (χ1n) is 9.14. The Kier molecular flexibility index (Phi) is 4.66. The maximum atomic E-state index is 13.3. The van der Waals surface area contributed by atoms with Gasteiger partial charge in [-0.15, -0.1) is 11.3 Å².